The zero-order valence-electron chi connectivity index (χ0n) is 18.6. The summed E-state index contributed by atoms with van der Waals surface area (Å²) >= 11 is 5.99. The van der Waals surface area contributed by atoms with Crippen LogP contribution < -0.4 is 15.0 Å². The second-order valence-electron chi connectivity index (χ2n) is 8.37. The molecule has 0 bridgehead atoms. The third kappa shape index (κ3) is 3.88. The number of ether oxygens (including phenoxy) is 1. The van der Waals surface area contributed by atoms with Crippen LogP contribution in [0.2, 0.25) is 5.15 Å². The lowest BCUT2D eigenvalue weighted by molar-refractivity contribution is -0.122. The number of hydrogen-bond donors (Lipinski definition) is 1. The van der Waals surface area contributed by atoms with Gasteiger partial charge in [-0.3, -0.25) is 4.79 Å². The summed E-state index contributed by atoms with van der Waals surface area (Å²) in [5, 5.41) is 3.34. The second-order valence-corrected chi connectivity index (χ2v) is 8.76. The summed E-state index contributed by atoms with van der Waals surface area (Å²) in [5.41, 5.74) is 2.89. The van der Waals surface area contributed by atoms with Gasteiger partial charge < -0.3 is 15.0 Å². The molecule has 1 saturated heterocycles. The topological polar surface area (TPSA) is 80.2 Å². The van der Waals surface area contributed by atoms with Gasteiger partial charge in [-0.15, -0.1) is 0 Å². The standard InChI is InChI=1S/C24H26ClN5O2/c1-15(2)17-7-5-6-8-18(17)24(12-30(13-24)22-16(3)10-26-14-28-22)23(31)29-19-11-27-21(25)9-20(19)32-4/h5-11,14-15H,12-13H2,1-4H3,(H,29,31). The average Bonchev–Trinajstić information content (AvgIpc) is 2.75. The zero-order valence-corrected chi connectivity index (χ0v) is 19.3. The molecule has 0 saturated carbocycles. The first-order valence-electron chi connectivity index (χ1n) is 10.5. The van der Waals surface area contributed by atoms with Crippen molar-refractivity contribution < 1.29 is 9.53 Å². The third-order valence-corrected chi connectivity index (χ3v) is 6.13. The van der Waals surface area contributed by atoms with Crippen molar-refractivity contribution in [1.29, 1.82) is 0 Å². The molecule has 0 atom stereocenters. The van der Waals surface area contributed by atoms with Crippen LogP contribution in [0.3, 0.4) is 0 Å². The number of carbonyl (C=O) groups is 1. The van der Waals surface area contributed by atoms with E-state index in [0.29, 0.717) is 29.7 Å². The van der Waals surface area contributed by atoms with Gasteiger partial charge in [0.1, 0.15) is 34.2 Å². The van der Waals surface area contributed by atoms with E-state index in [9.17, 15) is 4.79 Å². The minimum absolute atomic E-state index is 0.115. The smallest absolute Gasteiger partial charge is 0.238 e. The lowest BCUT2D eigenvalue weighted by atomic mass is 9.69. The molecule has 0 radical (unpaired) electrons. The van der Waals surface area contributed by atoms with Crippen molar-refractivity contribution in [2.45, 2.75) is 32.1 Å². The molecule has 1 aromatic carbocycles. The maximum Gasteiger partial charge on any atom is 0.238 e. The van der Waals surface area contributed by atoms with Gasteiger partial charge in [-0.05, 0) is 24.0 Å². The molecule has 7 nitrogen and oxygen atoms in total. The van der Waals surface area contributed by atoms with E-state index in [4.69, 9.17) is 16.3 Å². The van der Waals surface area contributed by atoms with Gasteiger partial charge in [0.15, 0.2) is 0 Å². The molecule has 1 aliphatic heterocycles. The van der Waals surface area contributed by atoms with E-state index in [1.165, 1.54) is 19.6 Å². The molecular weight excluding hydrogens is 426 g/mol. The highest BCUT2D eigenvalue weighted by molar-refractivity contribution is 6.29. The maximum absolute atomic E-state index is 13.8. The summed E-state index contributed by atoms with van der Waals surface area (Å²) < 4.78 is 5.40. The number of halogens is 1. The van der Waals surface area contributed by atoms with Crippen LogP contribution in [-0.4, -0.2) is 41.1 Å². The lowest BCUT2D eigenvalue weighted by Gasteiger charge is -2.50. The van der Waals surface area contributed by atoms with Crippen LogP contribution in [0.4, 0.5) is 11.5 Å². The number of aryl methyl sites for hydroxylation is 1. The summed E-state index contributed by atoms with van der Waals surface area (Å²) in [6.07, 6.45) is 4.84. The summed E-state index contributed by atoms with van der Waals surface area (Å²) in [4.78, 5) is 28.6. The fourth-order valence-electron chi connectivity index (χ4n) is 4.27. The SMILES string of the molecule is COc1cc(Cl)ncc1NC(=O)C1(c2ccccc2C(C)C)CN(c2ncncc2C)C1. The van der Waals surface area contributed by atoms with Crippen LogP contribution in [0.1, 0.15) is 36.5 Å². The largest absolute Gasteiger partial charge is 0.494 e. The lowest BCUT2D eigenvalue weighted by Crippen LogP contribution is -2.66. The Kier molecular flexibility index (Phi) is 6.02. The van der Waals surface area contributed by atoms with Gasteiger partial charge in [0.25, 0.3) is 0 Å². The van der Waals surface area contributed by atoms with Crippen molar-refractivity contribution in [1.82, 2.24) is 15.0 Å². The van der Waals surface area contributed by atoms with Gasteiger partial charge in [0.2, 0.25) is 5.91 Å². The molecule has 2 aromatic heterocycles. The molecule has 1 amide bonds. The van der Waals surface area contributed by atoms with Crippen molar-refractivity contribution in [3.8, 4) is 5.75 Å². The van der Waals surface area contributed by atoms with Gasteiger partial charge in [0.05, 0.1) is 13.3 Å². The van der Waals surface area contributed by atoms with Crippen LogP contribution in [0.5, 0.6) is 5.75 Å². The number of carbonyl (C=O) groups excluding carboxylic acids is 1. The molecule has 166 valence electrons. The number of benzene rings is 1. The molecule has 8 heteroatoms. The number of anilines is 2. The summed E-state index contributed by atoms with van der Waals surface area (Å²) in [7, 11) is 1.54. The van der Waals surface area contributed by atoms with Gasteiger partial charge in [-0.25, -0.2) is 15.0 Å². The normalized spacial score (nSPS) is 14.8. The molecule has 1 N–H and O–H groups in total. The van der Waals surface area contributed by atoms with E-state index >= 15 is 0 Å². The van der Waals surface area contributed by atoms with Crippen molar-refractivity contribution in [2.75, 3.05) is 30.4 Å². The first-order valence-corrected chi connectivity index (χ1v) is 10.9. The first kappa shape index (κ1) is 22.0. The number of amides is 1. The van der Waals surface area contributed by atoms with E-state index in [0.717, 1.165) is 22.5 Å². The number of pyridine rings is 1. The molecule has 0 spiro atoms. The number of methoxy groups -OCH3 is 1. The minimum Gasteiger partial charge on any atom is -0.494 e. The Morgan fingerprint density at radius 2 is 1.97 bits per heavy atom. The fourth-order valence-corrected chi connectivity index (χ4v) is 4.42. The van der Waals surface area contributed by atoms with Crippen molar-refractivity contribution in [3.63, 3.8) is 0 Å². The number of rotatable bonds is 6. The molecule has 1 fully saturated rings. The van der Waals surface area contributed by atoms with E-state index < -0.39 is 5.41 Å². The van der Waals surface area contributed by atoms with Crippen LogP contribution in [0.15, 0.2) is 49.1 Å². The predicted molar refractivity (Wildman–Crippen MR) is 126 cm³/mol. The van der Waals surface area contributed by atoms with Gasteiger partial charge in [-0.2, -0.15) is 0 Å². The Morgan fingerprint density at radius 1 is 1.22 bits per heavy atom. The van der Waals surface area contributed by atoms with Crippen LogP contribution in [0.25, 0.3) is 0 Å². The van der Waals surface area contributed by atoms with E-state index in [1.54, 1.807) is 12.3 Å². The molecule has 0 unspecified atom stereocenters. The zero-order chi connectivity index (χ0) is 22.9. The van der Waals surface area contributed by atoms with E-state index in [2.05, 4.69) is 51.1 Å². The van der Waals surface area contributed by atoms with Gasteiger partial charge >= 0.3 is 0 Å². The number of aromatic nitrogens is 3. The number of nitrogens with zero attached hydrogens (tertiary/aromatic N) is 4. The van der Waals surface area contributed by atoms with Crippen molar-refractivity contribution in [3.05, 3.63) is 70.9 Å². The Balaban J connectivity index is 1.73. The minimum atomic E-state index is -0.747. The predicted octanol–water partition coefficient (Wildman–Crippen LogP) is 4.36. The molecule has 3 aromatic rings. The third-order valence-electron chi connectivity index (χ3n) is 5.92. The Bertz CT molecular complexity index is 1140. The fraction of sp³-hybridized carbons (Fsp3) is 0.333. The quantitative estimate of drug-likeness (QED) is 0.561. The number of nitrogens with one attached hydrogen (secondary N) is 1. The molecule has 1 aliphatic rings. The first-order chi connectivity index (χ1) is 15.4. The highest BCUT2D eigenvalue weighted by atomic mass is 35.5. The summed E-state index contributed by atoms with van der Waals surface area (Å²) in [5.74, 6) is 1.47. The van der Waals surface area contributed by atoms with Gasteiger partial charge in [-0.1, -0.05) is 49.7 Å². The second kappa shape index (κ2) is 8.74. The van der Waals surface area contributed by atoms with Crippen LogP contribution in [0, 0.1) is 6.92 Å². The average molecular weight is 452 g/mol. The van der Waals surface area contributed by atoms with Crippen molar-refractivity contribution in [2.24, 2.45) is 0 Å². The molecule has 4 rings (SSSR count). The highest BCUT2D eigenvalue weighted by Gasteiger charge is 2.52. The monoisotopic (exact) mass is 451 g/mol. The highest BCUT2D eigenvalue weighted by Crippen LogP contribution is 2.42. The molecule has 0 aliphatic carbocycles. The Labute approximate surface area is 192 Å². The van der Waals surface area contributed by atoms with E-state index in [1.807, 2.05) is 19.1 Å². The Morgan fingerprint density at radius 3 is 2.66 bits per heavy atom. The number of hydrogen-bond acceptors (Lipinski definition) is 6. The summed E-state index contributed by atoms with van der Waals surface area (Å²) in [6, 6.07) is 9.73. The molecule has 3 heterocycles. The van der Waals surface area contributed by atoms with Crippen LogP contribution in [-0.2, 0) is 10.2 Å². The maximum atomic E-state index is 13.8. The molecule has 32 heavy (non-hydrogen) atoms. The van der Waals surface area contributed by atoms with Crippen molar-refractivity contribution >= 4 is 29.0 Å². The van der Waals surface area contributed by atoms with Crippen LogP contribution >= 0.6 is 11.6 Å². The molecular formula is C24H26ClN5O2. The Hall–Kier alpha value is -3.19. The van der Waals surface area contributed by atoms with Gasteiger partial charge in [0, 0.05) is 30.9 Å². The summed E-state index contributed by atoms with van der Waals surface area (Å²) in [6.45, 7) is 7.26. The van der Waals surface area contributed by atoms with E-state index in [-0.39, 0.29) is 11.8 Å².